The summed E-state index contributed by atoms with van der Waals surface area (Å²) in [5.74, 6) is -0.345. The zero-order chi connectivity index (χ0) is 11.4. The maximum atomic E-state index is 10.4. The Balaban J connectivity index is 2.64. The smallest absolute Gasteiger partial charge is 0.322 e. The Hall–Kier alpha value is -1.52. The summed E-state index contributed by atoms with van der Waals surface area (Å²) in [5.41, 5.74) is 1.62. The first-order valence-electron chi connectivity index (χ1n) is 4.98. The molecule has 0 saturated carbocycles. The second-order valence-corrected chi connectivity index (χ2v) is 3.99. The number of nitrogens with one attached hydrogen (secondary N) is 1. The molecule has 0 radical (unpaired) electrons. The van der Waals surface area contributed by atoms with Crippen LogP contribution in [0.5, 0.6) is 0 Å². The molecular formula is C10H17N3O2. The van der Waals surface area contributed by atoms with Crippen molar-refractivity contribution in [3.05, 3.63) is 11.9 Å². The molecule has 1 aromatic rings. The number of aryl methyl sites for hydroxylation is 1. The van der Waals surface area contributed by atoms with Gasteiger partial charge < -0.3 is 10.4 Å². The highest BCUT2D eigenvalue weighted by atomic mass is 16.4. The van der Waals surface area contributed by atoms with Crippen molar-refractivity contribution in [2.24, 2.45) is 5.92 Å². The zero-order valence-electron chi connectivity index (χ0n) is 9.32. The van der Waals surface area contributed by atoms with E-state index in [1.807, 2.05) is 17.8 Å². The van der Waals surface area contributed by atoms with Crippen LogP contribution in [0.4, 0.5) is 5.69 Å². The van der Waals surface area contributed by atoms with Gasteiger partial charge in [0.15, 0.2) is 0 Å². The van der Waals surface area contributed by atoms with E-state index in [4.69, 9.17) is 5.11 Å². The lowest BCUT2D eigenvalue weighted by Crippen LogP contribution is -2.12. The fourth-order valence-electron chi connectivity index (χ4n) is 1.33. The Labute approximate surface area is 89.1 Å². The topological polar surface area (TPSA) is 67.2 Å². The number of rotatable bonds is 5. The minimum Gasteiger partial charge on any atom is -0.480 e. The molecule has 0 fully saturated rings. The fourth-order valence-corrected chi connectivity index (χ4v) is 1.33. The third-order valence-corrected chi connectivity index (χ3v) is 1.93. The third-order valence-electron chi connectivity index (χ3n) is 1.93. The highest BCUT2D eigenvalue weighted by Crippen LogP contribution is 2.12. The second kappa shape index (κ2) is 4.82. The van der Waals surface area contributed by atoms with E-state index in [2.05, 4.69) is 24.3 Å². The van der Waals surface area contributed by atoms with Crippen LogP contribution in [0.1, 0.15) is 19.5 Å². The van der Waals surface area contributed by atoms with E-state index in [9.17, 15) is 4.79 Å². The van der Waals surface area contributed by atoms with E-state index in [0.29, 0.717) is 5.92 Å². The van der Waals surface area contributed by atoms with Crippen LogP contribution in [0.15, 0.2) is 6.20 Å². The SMILES string of the molecule is Cc1nn(CC(C)C)cc1NCC(=O)O. The normalized spacial score (nSPS) is 10.7. The van der Waals surface area contributed by atoms with Gasteiger partial charge >= 0.3 is 5.97 Å². The van der Waals surface area contributed by atoms with Crippen molar-refractivity contribution in [1.29, 1.82) is 0 Å². The molecule has 15 heavy (non-hydrogen) atoms. The summed E-state index contributed by atoms with van der Waals surface area (Å²) in [7, 11) is 0. The van der Waals surface area contributed by atoms with Crippen molar-refractivity contribution in [2.75, 3.05) is 11.9 Å². The molecule has 84 valence electrons. The Morgan fingerprint density at radius 2 is 2.33 bits per heavy atom. The highest BCUT2D eigenvalue weighted by molar-refractivity contribution is 5.72. The van der Waals surface area contributed by atoms with Crippen molar-refractivity contribution < 1.29 is 9.90 Å². The van der Waals surface area contributed by atoms with Crippen molar-refractivity contribution in [1.82, 2.24) is 9.78 Å². The predicted molar refractivity (Wildman–Crippen MR) is 57.9 cm³/mol. The maximum absolute atomic E-state index is 10.4. The third kappa shape index (κ3) is 3.61. The van der Waals surface area contributed by atoms with Crippen LogP contribution in [0.3, 0.4) is 0 Å². The molecule has 0 aromatic carbocycles. The van der Waals surface area contributed by atoms with Gasteiger partial charge in [-0.05, 0) is 12.8 Å². The van der Waals surface area contributed by atoms with E-state index < -0.39 is 5.97 Å². The van der Waals surface area contributed by atoms with Crippen LogP contribution >= 0.6 is 0 Å². The van der Waals surface area contributed by atoms with Crippen molar-refractivity contribution in [3.63, 3.8) is 0 Å². The molecule has 1 rings (SSSR count). The number of hydrogen-bond donors (Lipinski definition) is 2. The number of aliphatic carboxylic acids is 1. The van der Waals surface area contributed by atoms with E-state index in [0.717, 1.165) is 17.9 Å². The Kier molecular flexibility index (Phi) is 3.71. The van der Waals surface area contributed by atoms with Gasteiger partial charge in [-0.25, -0.2) is 0 Å². The standard InChI is InChI=1S/C10H17N3O2/c1-7(2)5-13-6-9(8(3)12-13)11-4-10(14)15/h6-7,11H,4-5H2,1-3H3,(H,14,15). The van der Waals surface area contributed by atoms with Gasteiger partial charge in [-0.2, -0.15) is 5.10 Å². The van der Waals surface area contributed by atoms with Crippen LogP contribution in [-0.2, 0) is 11.3 Å². The van der Waals surface area contributed by atoms with Crippen molar-refractivity contribution >= 4 is 11.7 Å². The number of hydrogen-bond acceptors (Lipinski definition) is 3. The molecule has 0 spiro atoms. The maximum Gasteiger partial charge on any atom is 0.322 e. The molecule has 5 heteroatoms. The van der Waals surface area contributed by atoms with Crippen LogP contribution in [0.25, 0.3) is 0 Å². The van der Waals surface area contributed by atoms with Crippen LogP contribution in [-0.4, -0.2) is 27.4 Å². The van der Waals surface area contributed by atoms with Crippen LogP contribution in [0.2, 0.25) is 0 Å². The first-order chi connectivity index (χ1) is 6.99. The van der Waals surface area contributed by atoms with Gasteiger partial charge in [0.1, 0.15) is 6.54 Å². The van der Waals surface area contributed by atoms with E-state index in [-0.39, 0.29) is 6.54 Å². The van der Waals surface area contributed by atoms with Crippen LogP contribution < -0.4 is 5.32 Å². The summed E-state index contributed by atoms with van der Waals surface area (Å²) in [6, 6.07) is 0. The van der Waals surface area contributed by atoms with Gasteiger partial charge in [0.05, 0.1) is 11.4 Å². The van der Waals surface area contributed by atoms with Crippen LogP contribution in [0, 0.1) is 12.8 Å². The summed E-state index contributed by atoms with van der Waals surface area (Å²) >= 11 is 0. The minimum atomic E-state index is -0.869. The van der Waals surface area contributed by atoms with Gasteiger partial charge in [-0.3, -0.25) is 9.48 Å². The molecule has 0 atom stereocenters. The number of nitrogens with zero attached hydrogens (tertiary/aromatic N) is 2. The predicted octanol–water partition coefficient (Wildman–Crippen LogP) is 1.34. The van der Waals surface area contributed by atoms with Gasteiger partial charge in [-0.1, -0.05) is 13.8 Å². The van der Waals surface area contributed by atoms with Gasteiger partial charge in [0.2, 0.25) is 0 Å². The molecule has 0 aliphatic carbocycles. The average Bonchev–Trinajstić information content (AvgIpc) is 2.41. The molecule has 1 aromatic heterocycles. The molecule has 0 bridgehead atoms. The Bertz CT molecular complexity index is 344. The fraction of sp³-hybridized carbons (Fsp3) is 0.600. The molecule has 2 N–H and O–H groups in total. The first kappa shape index (κ1) is 11.6. The average molecular weight is 211 g/mol. The monoisotopic (exact) mass is 211 g/mol. The van der Waals surface area contributed by atoms with Crippen molar-refractivity contribution in [3.8, 4) is 0 Å². The molecular weight excluding hydrogens is 194 g/mol. The molecule has 5 nitrogen and oxygen atoms in total. The van der Waals surface area contributed by atoms with Gasteiger partial charge in [0.25, 0.3) is 0 Å². The van der Waals surface area contributed by atoms with E-state index in [1.54, 1.807) is 0 Å². The first-order valence-corrected chi connectivity index (χ1v) is 4.98. The number of carbonyl (C=O) groups is 1. The second-order valence-electron chi connectivity index (χ2n) is 3.99. The van der Waals surface area contributed by atoms with Gasteiger partial charge in [-0.15, -0.1) is 0 Å². The highest BCUT2D eigenvalue weighted by Gasteiger charge is 2.06. The van der Waals surface area contributed by atoms with Gasteiger partial charge in [0, 0.05) is 12.7 Å². The quantitative estimate of drug-likeness (QED) is 0.771. The van der Waals surface area contributed by atoms with E-state index >= 15 is 0 Å². The number of carboxylic acid groups (broad SMARTS) is 1. The summed E-state index contributed by atoms with van der Waals surface area (Å²) in [5, 5.41) is 15.6. The number of anilines is 1. The zero-order valence-corrected chi connectivity index (χ0v) is 9.32. The molecule has 0 aliphatic heterocycles. The van der Waals surface area contributed by atoms with E-state index in [1.165, 1.54) is 0 Å². The summed E-state index contributed by atoms with van der Waals surface area (Å²) < 4.78 is 1.84. The summed E-state index contributed by atoms with van der Waals surface area (Å²) in [6.07, 6.45) is 1.85. The lowest BCUT2D eigenvalue weighted by molar-refractivity contribution is -0.134. The molecule has 0 saturated heterocycles. The molecule has 1 heterocycles. The molecule has 0 aliphatic rings. The Morgan fingerprint density at radius 1 is 1.67 bits per heavy atom. The van der Waals surface area contributed by atoms with Crippen molar-refractivity contribution in [2.45, 2.75) is 27.3 Å². The minimum absolute atomic E-state index is 0.0752. The Morgan fingerprint density at radius 3 is 2.87 bits per heavy atom. The number of carboxylic acids is 1. The molecule has 0 unspecified atom stereocenters. The lowest BCUT2D eigenvalue weighted by Gasteiger charge is -2.03. The lowest BCUT2D eigenvalue weighted by atomic mass is 10.2. The number of aromatic nitrogens is 2. The summed E-state index contributed by atoms with van der Waals surface area (Å²) in [6.45, 7) is 6.85. The molecule has 0 amide bonds. The summed E-state index contributed by atoms with van der Waals surface area (Å²) in [4.78, 5) is 10.4. The largest absolute Gasteiger partial charge is 0.480 e.